The molecule has 5 nitrogen and oxygen atoms in total. The molecule has 9 heteroatoms. The lowest BCUT2D eigenvalue weighted by Gasteiger charge is -2.25. The van der Waals surface area contributed by atoms with E-state index in [1.165, 1.54) is 6.20 Å². The highest BCUT2D eigenvalue weighted by Gasteiger charge is 2.39. The molecule has 18 heavy (non-hydrogen) atoms. The average Bonchev–Trinajstić information content (AvgIpc) is 3.09. The Morgan fingerprint density at radius 2 is 2.17 bits per heavy atom. The lowest BCUT2D eigenvalue weighted by atomic mass is 10.4. The van der Waals surface area contributed by atoms with Gasteiger partial charge in [-0.2, -0.15) is 18.2 Å². The normalized spacial score (nSPS) is 15.6. The van der Waals surface area contributed by atoms with Gasteiger partial charge in [-0.1, -0.05) is 11.6 Å². The summed E-state index contributed by atoms with van der Waals surface area (Å²) < 4.78 is 37.6. The molecule has 1 fully saturated rings. The zero-order valence-electron chi connectivity index (χ0n) is 9.21. The summed E-state index contributed by atoms with van der Waals surface area (Å²) in [7, 11) is 0. The Labute approximate surface area is 106 Å². The van der Waals surface area contributed by atoms with Crippen molar-refractivity contribution in [2.24, 2.45) is 5.84 Å². The molecule has 2 rings (SSSR count). The SMILES string of the molecule is NNc1ncc(Cl)c(N(CC(F)(F)F)C2CC2)n1. The van der Waals surface area contributed by atoms with E-state index >= 15 is 0 Å². The van der Waals surface area contributed by atoms with Crippen LogP contribution >= 0.6 is 11.6 Å². The van der Waals surface area contributed by atoms with Gasteiger partial charge in [0.2, 0.25) is 5.95 Å². The third-order valence-corrected chi connectivity index (χ3v) is 2.73. The fraction of sp³-hybridized carbons (Fsp3) is 0.556. The zero-order valence-corrected chi connectivity index (χ0v) is 9.96. The molecule has 0 spiro atoms. The number of nitrogens with one attached hydrogen (secondary N) is 1. The van der Waals surface area contributed by atoms with Gasteiger partial charge in [-0.25, -0.2) is 10.8 Å². The summed E-state index contributed by atoms with van der Waals surface area (Å²) in [6, 6.07) is -0.176. The van der Waals surface area contributed by atoms with Gasteiger partial charge in [-0.15, -0.1) is 0 Å². The standard InChI is InChI=1S/C9H11ClF3N5/c10-6-3-15-8(17-14)16-7(6)18(5-1-2-5)4-9(11,12)13/h3,5H,1-2,4,14H2,(H,15,16,17). The first-order valence-corrected chi connectivity index (χ1v) is 5.61. The van der Waals surface area contributed by atoms with E-state index in [2.05, 4.69) is 15.4 Å². The van der Waals surface area contributed by atoms with Crippen molar-refractivity contribution in [3.63, 3.8) is 0 Å². The second kappa shape index (κ2) is 4.77. The Morgan fingerprint density at radius 1 is 1.50 bits per heavy atom. The van der Waals surface area contributed by atoms with E-state index in [-0.39, 0.29) is 22.8 Å². The van der Waals surface area contributed by atoms with Gasteiger partial charge >= 0.3 is 6.18 Å². The van der Waals surface area contributed by atoms with Crippen LogP contribution in [0.3, 0.4) is 0 Å². The first kappa shape index (κ1) is 13.2. The maximum Gasteiger partial charge on any atom is 0.405 e. The summed E-state index contributed by atoms with van der Waals surface area (Å²) in [6.45, 7) is -1.08. The van der Waals surface area contributed by atoms with E-state index in [1.54, 1.807) is 0 Å². The quantitative estimate of drug-likeness (QED) is 0.652. The van der Waals surface area contributed by atoms with Gasteiger partial charge in [0.05, 0.1) is 6.20 Å². The molecule has 0 atom stereocenters. The van der Waals surface area contributed by atoms with E-state index in [0.29, 0.717) is 12.8 Å². The lowest BCUT2D eigenvalue weighted by molar-refractivity contribution is -0.120. The largest absolute Gasteiger partial charge is 0.405 e. The Hall–Kier alpha value is -1.28. The van der Waals surface area contributed by atoms with Gasteiger partial charge in [0, 0.05) is 6.04 Å². The summed E-state index contributed by atoms with van der Waals surface area (Å²) in [5, 5.41) is 0.0742. The van der Waals surface area contributed by atoms with Gasteiger partial charge in [0.25, 0.3) is 0 Å². The highest BCUT2D eigenvalue weighted by atomic mass is 35.5. The molecule has 0 unspecified atom stereocenters. The summed E-state index contributed by atoms with van der Waals surface area (Å²) in [6.07, 6.45) is -1.69. The summed E-state index contributed by atoms with van der Waals surface area (Å²) in [5.41, 5.74) is 2.18. The van der Waals surface area contributed by atoms with E-state index in [1.807, 2.05) is 0 Å². The molecule has 0 aliphatic heterocycles. The molecular formula is C9H11ClF3N5. The number of hydrazine groups is 1. The first-order valence-electron chi connectivity index (χ1n) is 5.23. The predicted molar refractivity (Wildman–Crippen MR) is 61.3 cm³/mol. The van der Waals surface area contributed by atoms with Crippen molar-refractivity contribution >= 4 is 23.4 Å². The maximum absolute atomic E-state index is 12.5. The van der Waals surface area contributed by atoms with E-state index in [0.717, 1.165) is 4.90 Å². The lowest BCUT2D eigenvalue weighted by Crippen LogP contribution is -2.37. The van der Waals surface area contributed by atoms with Gasteiger partial charge in [0.15, 0.2) is 5.82 Å². The number of halogens is 4. The minimum Gasteiger partial charge on any atom is -0.343 e. The molecular weight excluding hydrogens is 271 g/mol. The van der Waals surface area contributed by atoms with Crippen molar-refractivity contribution in [3.8, 4) is 0 Å². The Bertz CT molecular complexity index is 435. The molecule has 3 N–H and O–H groups in total. The smallest absolute Gasteiger partial charge is 0.343 e. The van der Waals surface area contributed by atoms with Crippen LogP contribution in [-0.2, 0) is 0 Å². The zero-order chi connectivity index (χ0) is 13.3. The fourth-order valence-corrected chi connectivity index (χ4v) is 1.78. The third-order valence-electron chi connectivity index (χ3n) is 2.46. The molecule has 1 aliphatic rings. The number of nitrogens with zero attached hydrogens (tertiary/aromatic N) is 3. The average molecular weight is 282 g/mol. The van der Waals surface area contributed by atoms with Gasteiger partial charge < -0.3 is 4.90 Å². The van der Waals surface area contributed by atoms with E-state index in [4.69, 9.17) is 17.4 Å². The van der Waals surface area contributed by atoms with Crippen molar-refractivity contribution in [1.82, 2.24) is 9.97 Å². The molecule has 0 amide bonds. The third kappa shape index (κ3) is 3.14. The van der Waals surface area contributed by atoms with E-state index in [9.17, 15) is 13.2 Å². The van der Waals surface area contributed by atoms with Crippen LogP contribution in [-0.4, -0.2) is 28.7 Å². The molecule has 1 aliphatic carbocycles. The van der Waals surface area contributed by atoms with Gasteiger partial charge in [0.1, 0.15) is 11.6 Å². The monoisotopic (exact) mass is 281 g/mol. The second-order valence-corrected chi connectivity index (χ2v) is 4.39. The number of hydrogen-bond acceptors (Lipinski definition) is 5. The summed E-state index contributed by atoms with van der Waals surface area (Å²) >= 11 is 5.85. The van der Waals surface area contributed by atoms with Crippen LogP contribution in [0, 0.1) is 0 Å². The van der Waals surface area contributed by atoms with Crippen molar-refractivity contribution < 1.29 is 13.2 Å². The molecule has 0 radical (unpaired) electrons. The van der Waals surface area contributed by atoms with E-state index < -0.39 is 12.7 Å². The topological polar surface area (TPSA) is 67.1 Å². The van der Waals surface area contributed by atoms with Crippen LogP contribution in [0.2, 0.25) is 5.02 Å². The number of nitrogens with two attached hydrogens (primary N) is 1. The van der Waals surface area contributed by atoms with Crippen LogP contribution in [0.4, 0.5) is 24.9 Å². The molecule has 1 heterocycles. The maximum atomic E-state index is 12.5. The van der Waals surface area contributed by atoms with Crippen LogP contribution < -0.4 is 16.2 Å². The Kier molecular flexibility index (Phi) is 3.49. The second-order valence-electron chi connectivity index (χ2n) is 3.98. The predicted octanol–water partition coefficient (Wildman–Crippen LogP) is 1.95. The van der Waals surface area contributed by atoms with Crippen molar-refractivity contribution in [1.29, 1.82) is 0 Å². The van der Waals surface area contributed by atoms with Crippen LogP contribution in [0.25, 0.3) is 0 Å². The number of anilines is 2. The van der Waals surface area contributed by atoms with Crippen LogP contribution in [0.15, 0.2) is 6.20 Å². The van der Waals surface area contributed by atoms with Crippen LogP contribution in [0.1, 0.15) is 12.8 Å². The molecule has 1 saturated carbocycles. The molecule has 0 bridgehead atoms. The summed E-state index contributed by atoms with van der Waals surface area (Å²) in [5.74, 6) is 5.21. The molecule has 1 aromatic rings. The fourth-order valence-electron chi connectivity index (χ4n) is 1.59. The Balaban J connectivity index is 2.30. The Morgan fingerprint density at radius 3 is 2.67 bits per heavy atom. The van der Waals surface area contributed by atoms with Crippen molar-refractivity contribution in [2.75, 3.05) is 16.9 Å². The first-order chi connectivity index (χ1) is 8.40. The number of alkyl halides is 3. The molecule has 1 aromatic heterocycles. The van der Waals surface area contributed by atoms with Crippen molar-refractivity contribution in [2.45, 2.75) is 25.1 Å². The molecule has 0 saturated heterocycles. The minimum atomic E-state index is -4.31. The number of nitrogen functional groups attached to an aromatic ring is 1. The van der Waals surface area contributed by atoms with Crippen molar-refractivity contribution in [3.05, 3.63) is 11.2 Å². The highest BCUT2D eigenvalue weighted by Crippen LogP contribution is 2.36. The highest BCUT2D eigenvalue weighted by molar-refractivity contribution is 6.32. The van der Waals surface area contributed by atoms with Gasteiger partial charge in [-0.3, -0.25) is 5.43 Å². The minimum absolute atomic E-state index is 0.0298. The van der Waals surface area contributed by atoms with Gasteiger partial charge in [-0.05, 0) is 12.8 Å². The molecule has 0 aromatic carbocycles. The number of aromatic nitrogens is 2. The number of hydrogen-bond donors (Lipinski definition) is 2. The number of rotatable bonds is 4. The summed E-state index contributed by atoms with van der Waals surface area (Å²) in [4.78, 5) is 8.76. The van der Waals surface area contributed by atoms with Crippen LogP contribution in [0.5, 0.6) is 0 Å². The molecule has 100 valence electrons.